The molecular formula is C22H29N2O10P. The molecule has 192 valence electrons. The zero-order valence-electron chi connectivity index (χ0n) is 19.9. The minimum atomic E-state index is -3.68. The molecule has 0 bridgehead atoms. The Morgan fingerprint density at radius 1 is 1.37 bits per heavy atom. The smallest absolute Gasteiger partial charge is 0.347 e. The highest BCUT2D eigenvalue weighted by Gasteiger charge is 2.58. The minimum absolute atomic E-state index is 0.0924. The summed E-state index contributed by atoms with van der Waals surface area (Å²) in [6.45, 7) is 5.86. The van der Waals surface area contributed by atoms with Crippen LogP contribution in [0, 0.1) is 23.7 Å². The monoisotopic (exact) mass is 512 g/mol. The number of hydrogen-bond acceptors (Lipinski definition) is 10. The van der Waals surface area contributed by atoms with E-state index in [1.165, 1.54) is 16.8 Å². The maximum atomic E-state index is 13.4. The summed E-state index contributed by atoms with van der Waals surface area (Å²) in [5.41, 5.74) is -2.32. The van der Waals surface area contributed by atoms with Crippen molar-refractivity contribution in [1.29, 1.82) is 0 Å². The zero-order valence-corrected chi connectivity index (χ0v) is 20.8. The highest BCUT2D eigenvalue weighted by Crippen LogP contribution is 2.61. The van der Waals surface area contributed by atoms with Crippen LogP contribution in [0.2, 0.25) is 0 Å². The van der Waals surface area contributed by atoms with Gasteiger partial charge in [0.1, 0.15) is 0 Å². The molecule has 2 aliphatic heterocycles. The number of hydrogen-bond donors (Lipinski definition) is 1. The number of aromatic amines is 1. The SMILES string of the molecule is C#C[C@]1(C)[C@@H]2CP(=O)(OCC[C@H](OC(C)=O)C(=O)OC(C)C)OC[C@H]2O[C@H]1n1ccc(=O)[nH]c1=O. The van der Waals surface area contributed by atoms with Crippen molar-refractivity contribution in [1.82, 2.24) is 9.55 Å². The first kappa shape index (κ1) is 26.9. The average Bonchev–Trinajstić information content (AvgIpc) is 3.04. The standard InChI is InChI=1S/C22H29N2O10P/c1-6-22(5)15-12-35(29,30-10-8-16(33-14(4)25)19(27)32-13(2)3)31-11-17(15)34-20(22)24-9-7-18(26)23-21(24)28/h1,7,9,13,15-17,20H,8,10-12H2,2-5H3,(H,23,26,28)/t15-,16+,17-,20-,22-,35?/m1/s1. The molecule has 0 spiro atoms. The van der Waals surface area contributed by atoms with E-state index >= 15 is 0 Å². The lowest BCUT2D eigenvalue weighted by atomic mass is 9.77. The lowest BCUT2D eigenvalue weighted by Gasteiger charge is -2.35. The van der Waals surface area contributed by atoms with Crippen molar-refractivity contribution in [3.63, 3.8) is 0 Å². The average molecular weight is 512 g/mol. The lowest BCUT2D eigenvalue weighted by Crippen LogP contribution is -2.40. The van der Waals surface area contributed by atoms with Crippen molar-refractivity contribution in [3.05, 3.63) is 33.1 Å². The Bertz CT molecular complexity index is 1170. The first-order valence-corrected chi connectivity index (χ1v) is 12.8. The molecular weight excluding hydrogens is 483 g/mol. The van der Waals surface area contributed by atoms with Crippen LogP contribution >= 0.6 is 7.60 Å². The third kappa shape index (κ3) is 5.93. The topological polar surface area (TPSA) is 152 Å². The second-order valence-corrected chi connectivity index (χ2v) is 11.0. The van der Waals surface area contributed by atoms with Gasteiger partial charge in [0.25, 0.3) is 5.56 Å². The second-order valence-electron chi connectivity index (χ2n) is 8.87. The highest BCUT2D eigenvalue weighted by molar-refractivity contribution is 7.53. The van der Waals surface area contributed by atoms with Gasteiger partial charge in [-0.3, -0.25) is 23.7 Å². The van der Waals surface area contributed by atoms with Gasteiger partial charge in [0.2, 0.25) is 6.10 Å². The summed E-state index contributed by atoms with van der Waals surface area (Å²) in [5, 5.41) is 0. The van der Waals surface area contributed by atoms with Crippen molar-refractivity contribution in [2.75, 3.05) is 19.4 Å². The van der Waals surface area contributed by atoms with E-state index in [1.807, 2.05) is 0 Å². The van der Waals surface area contributed by atoms with Crippen molar-refractivity contribution in [2.45, 2.75) is 58.7 Å². The van der Waals surface area contributed by atoms with Crippen molar-refractivity contribution in [3.8, 4) is 12.3 Å². The van der Waals surface area contributed by atoms with Crippen molar-refractivity contribution >= 4 is 19.5 Å². The normalized spacial score (nSPS) is 30.8. The summed E-state index contributed by atoms with van der Waals surface area (Å²) in [6, 6.07) is 1.18. The highest BCUT2D eigenvalue weighted by atomic mass is 31.2. The van der Waals surface area contributed by atoms with Crippen LogP contribution in [0.5, 0.6) is 0 Å². The second kappa shape index (κ2) is 10.5. The molecule has 3 heterocycles. The van der Waals surface area contributed by atoms with Gasteiger partial charge in [0.15, 0.2) is 6.23 Å². The van der Waals surface area contributed by atoms with Crippen molar-refractivity contribution < 1.29 is 37.4 Å². The third-order valence-electron chi connectivity index (χ3n) is 5.90. The van der Waals surface area contributed by atoms with Gasteiger partial charge in [-0.15, -0.1) is 6.42 Å². The Balaban J connectivity index is 1.72. The van der Waals surface area contributed by atoms with Crippen LogP contribution in [0.3, 0.4) is 0 Å². The van der Waals surface area contributed by atoms with Gasteiger partial charge in [-0.2, -0.15) is 0 Å². The molecule has 3 rings (SSSR count). The minimum Gasteiger partial charge on any atom is -0.460 e. The van der Waals surface area contributed by atoms with E-state index in [0.717, 1.165) is 6.92 Å². The molecule has 1 unspecified atom stereocenters. The number of fused-ring (bicyclic) bond motifs is 1. The maximum absolute atomic E-state index is 13.4. The number of carbonyl (C=O) groups excluding carboxylic acids is 2. The maximum Gasteiger partial charge on any atom is 0.347 e. The number of ether oxygens (including phenoxy) is 3. The van der Waals surface area contributed by atoms with E-state index in [-0.39, 0.29) is 25.8 Å². The zero-order chi connectivity index (χ0) is 26.0. The number of terminal acetylenes is 1. The number of esters is 2. The van der Waals surface area contributed by atoms with Gasteiger partial charge in [0, 0.05) is 31.5 Å². The van der Waals surface area contributed by atoms with Gasteiger partial charge in [-0.25, -0.2) is 9.59 Å². The molecule has 6 atom stereocenters. The van der Waals surface area contributed by atoms with Gasteiger partial charge in [-0.05, 0) is 20.8 Å². The van der Waals surface area contributed by atoms with Gasteiger partial charge in [-0.1, -0.05) is 5.92 Å². The molecule has 35 heavy (non-hydrogen) atoms. The first-order chi connectivity index (χ1) is 16.4. The fourth-order valence-corrected chi connectivity index (χ4v) is 6.32. The lowest BCUT2D eigenvalue weighted by molar-refractivity contribution is -0.170. The summed E-state index contributed by atoms with van der Waals surface area (Å²) >= 11 is 0. The number of nitrogens with zero attached hydrogens (tertiary/aromatic N) is 1. The van der Waals surface area contributed by atoms with E-state index in [2.05, 4.69) is 10.9 Å². The van der Waals surface area contributed by atoms with Crippen LogP contribution in [0.25, 0.3) is 0 Å². The molecule has 13 heteroatoms. The number of nitrogens with one attached hydrogen (secondary N) is 1. The van der Waals surface area contributed by atoms with E-state index in [4.69, 9.17) is 29.7 Å². The van der Waals surface area contributed by atoms with Crippen LogP contribution in [0.4, 0.5) is 0 Å². The molecule has 1 aromatic rings. The van der Waals surface area contributed by atoms with Crippen LogP contribution in [0.15, 0.2) is 21.9 Å². The Kier molecular flexibility index (Phi) is 8.07. The third-order valence-corrected chi connectivity index (χ3v) is 7.86. The molecule has 0 saturated carbocycles. The predicted octanol–water partition coefficient (Wildman–Crippen LogP) is 1.20. The van der Waals surface area contributed by atoms with Crippen LogP contribution in [0.1, 0.15) is 40.3 Å². The van der Waals surface area contributed by atoms with E-state index in [0.29, 0.717) is 0 Å². The molecule has 0 aromatic carbocycles. The number of carbonyl (C=O) groups is 2. The Labute approximate surface area is 201 Å². The van der Waals surface area contributed by atoms with E-state index in [1.54, 1.807) is 20.8 Å². The van der Waals surface area contributed by atoms with E-state index < -0.39 is 66.7 Å². The van der Waals surface area contributed by atoms with Crippen LogP contribution < -0.4 is 11.2 Å². The van der Waals surface area contributed by atoms with E-state index in [9.17, 15) is 23.7 Å². The van der Waals surface area contributed by atoms with Gasteiger partial charge in [0.05, 0.1) is 37.0 Å². The number of rotatable bonds is 8. The predicted molar refractivity (Wildman–Crippen MR) is 121 cm³/mol. The fourth-order valence-electron chi connectivity index (χ4n) is 4.18. The molecule has 2 fully saturated rings. The Morgan fingerprint density at radius 3 is 2.69 bits per heavy atom. The molecule has 0 radical (unpaired) electrons. The summed E-state index contributed by atoms with van der Waals surface area (Å²) in [6.07, 6.45) is 3.82. The van der Waals surface area contributed by atoms with Crippen molar-refractivity contribution in [2.24, 2.45) is 11.3 Å². The first-order valence-electron chi connectivity index (χ1n) is 11.1. The van der Waals surface area contributed by atoms with Crippen LogP contribution in [-0.4, -0.2) is 59.2 Å². The van der Waals surface area contributed by atoms with Crippen LogP contribution in [-0.2, 0) is 37.4 Å². The molecule has 0 aliphatic carbocycles. The fraction of sp³-hybridized carbons (Fsp3) is 0.636. The number of H-pyrrole nitrogens is 1. The Morgan fingerprint density at radius 2 is 2.09 bits per heavy atom. The summed E-state index contributed by atoms with van der Waals surface area (Å²) < 4.78 is 41.7. The molecule has 2 aliphatic rings. The summed E-state index contributed by atoms with van der Waals surface area (Å²) in [4.78, 5) is 49.5. The molecule has 1 aromatic heterocycles. The Hall–Kier alpha value is -2.71. The molecule has 2 saturated heterocycles. The number of aromatic nitrogens is 2. The van der Waals surface area contributed by atoms with Gasteiger partial charge >= 0.3 is 25.2 Å². The summed E-state index contributed by atoms with van der Waals surface area (Å²) in [5.74, 6) is 0.768. The summed E-state index contributed by atoms with van der Waals surface area (Å²) in [7, 11) is -3.68. The largest absolute Gasteiger partial charge is 0.460 e. The molecule has 1 N–H and O–H groups in total. The van der Waals surface area contributed by atoms with Gasteiger partial charge < -0.3 is 23.3 Å². The quantitative estimate of drug-likeness (QED) is 0.305. The molecule has 12 nitrogen and oxygen atoms in total. The molecule has 0 amide bonds.